The minimum atomic E-state index is 0.0758. The Bertz CT molecular complexity index is 456. The van der Waals surface area contributed by atoms with Crippen LogP contribution in [0.25, 0.3) is 0 Å². The number of hydrazine groups is 1. The fourth-order valence-corrected chi connectivity index (χ4v) is 2.43. The Balaban J connectivity index is 2.07. The van der Waals surface area contributed by atoms with Crippen LogP contribution in [0.15, 0.2) is 35.8 Å². The van der Waals surface area contributed by atoms with Gasteiger partial charge in [-0.05, 0) is 24.6 Å². The van der Waals surface area contributed by atoms with Crippen molar-refractivity contribution in [1.29, 1.82) is 0 Å². The first kappa shape index (κ1) is 13.0. The first-order valence-electron chi connectivity index (χ1n) is 5.90. The second kappa shape index (κ2) is 6.49. The van der Waals surface area contributed by atoms with Gasteiger partial charge in [0.05, 0.1) is 17.7 Å². The Hall–Kier alpha value is -1.43. The van der Waals surface area contributed by atoms with Gasteiger partial charge in [-0.3, -0.25) is 11.3 Å². The van der Waals surface area contributed by atoms with Crippen molar-refractivity contribution in [2.24, 2.45) is 5.84 Å². The van der Waals surface area contributed by atoms with E-state index in [0.29, 0.717) is 6.61 Å². The number of aromatic nitrogens is 1. The third-order valence-corrected chi connectivity index (χ3v) is 3.46. The standard InChI is InChI=1S/C13H17N3OS/c1-2-17-11-5-3-10(4-6-11)12(16-14)9-13-15-7-8-18-13/h3-8,12,16H,2,9,14H2,1H3. The molecule has 0 aliphatic heterocycles. The van der Waals surface area contributed by atoms with Crippen LogP contribution in [0.4, 0.5) is 0 Å². The van der Waals surface area contributed by atoms with E-state index in [4.69, 9.17) is 10.6 Å². The number of hydrogen-bond donors (Lipinski definition) is 2. The molecule has 0 fully saturated rings. The number of nitrogens with one attached hydrogen (secondary N) is 1. The van der Waals surface area contributed by atoms with Gasteiger partial charge in [0.25, 0.3) is 0 Å². The molecule has 1 heterocycles. The molecule has 0 bridgehead atoms. The van der Waals surface area contributed by atoms with Gasteiger partial charge in [0.2, 0.25) is 0 Å². The van der Waals surface area contributed by atoms with Gasteiger partial charge < -0.3 is 4.74 Å². The van der Waals surface area contributed by atoms with E-state index >= 15 is 0 Å². The summed E-state index contributed by atoms with van der Waals surface area (Å²) < 4.78 is 5.42. The lowest BCUT2D eigenvalue weighted by Crippen LogP contribution is -2.29. The van der Waals surface area contributed by atoms with E-state index in [1.165, 1.54) is 0 Å². The zero-order valence-corrected chi connectivity index (χ0v) is 11.1. The van der Waals surface area contributed by atoms with Crippen LogP contribution in [0.3, 0.4) is 0 Å². The molecule has 0 saturated heterocycles. The van der Waals surface area contributed by atoms with Crippen molar-refractivity contribution in [2.45, 2.75) is 19.4 Å². The summed E-state index contributed by atoms with van der Waals surface area (Å²) in [6.07, 6.45) is 2.61. The summed E-state index contributed by atoms with van der Waals surface area (Å²) >= 11 is 1.64. The smallest absolute Gasteiger partial charge is 0.119 e. The first-order chi connectivity index (χ1) is 8.83. The Morgan fingerprint density at radius 3 is 2.72 bits per heavy atom. The van der Waals surface area contributed by atoms with Crippen LogP contribution in [-0.2, 0) is 6.42 Å². The molecule has 5 heteroatoms. The number of benzene rings is 1. The summed E-state index contributed by atoms with van der Waals surface area (Å²) in [6.45, 7) is 2.65. The van der Waals surface area contributed by atoms with Crippen molar-refractivity contribution in [1.82, 2.24) is 10.4 Å². The topological polar surface area (TPSA) is 60.2 Å². The van der Waals surface area contributed by atoms with E-state index in [0.717, 1.165) is 22.7 Å². The zero-order valence-electron chi connectivity index (χ0n) is 10.3. The third kappa shape index (κ3) is 3.29. The third-order valence-electron chi connectivity index (χ3n) is 2.66. The molecule has 1 atom stereocenters. The average Bonchev–Trinajstić information content (AvgIpc) is 2.90. The molecule has 2 aromatic rings. The number of nitrogens with two attached hydrogens (primary N) is 1. The van der Waals surface area contributed by atoms with Crippen molar-refractivity contribution in [3.05, 3.63) is 46.4 Å². The Morgan fingerprint density at radius 2 is 2.17 bits per heavy atom. The second-order valence-electron chi connectivity index (χ2n) is 3.85. The maximum atomic E-state index is 5.61. The van der Waals surface area contributed by atoms with E-state index in [9.17, 15) is 0 Å². The highest BCUT2D eigenvalue weighted by Gasteiger charge is 2.12. The molecule has 3 N–H and O–H groups in total. The van der Waals surface area contributed by atoms with Crippen molar-refractivity contribution in [2.75, 3.05) is 6.61 Å². The van der Waals surface area contributed by atoms with E-state index in [1.807, 2.05) is 42.8 Å². The highest BCUT2D eigenvalue weighted by molar-refractivity contribution is 7.09. The molecule has 1 unspecified atom stereocenters. The summed E-state index contributed by atoms with van der Waals surface area (Å²) in [6, 6.07) is 8.06. The number of nitrogens with zero attached hydrogens (tertiary/aromatic N) is 1. The van der Waals surface area contributed by atoms with Gasteiger partial charge in [0, 0.05) is 18.0 Å². The van der Waals surface area contributed by atoms with Gasteiger partial charge in [0.15, 0.2) is 0 Å². The van der Waals surface area contributed by atoms with Gasteiger partial charge in [-0.25, -0.2) is 4.98 Å². The SMILES string of the molecule is CCOc1ccc(C(Cc2nccs2)NN)cc1. The maximum absolute atomic E-state index is 5.61. The van der Waals surface area contributed by atoms with Crippen molar-refractivity contribution >= 4 is 11.3 Å². The van der Waals surface area contributed by atoms with Crippen molar-refractivity contribution in [3.63, 3.8) is 0 Å². The minimum Gasteiger partial charge on any atom is -0.494 e. The summed E-state index contributed by atoms with van der Waals surface area (Å²) in [5, 5.41) is 3.05. The number of hydrogen-bond acceptors (Lipinski definition) is 5. The van der Waals surface area contributed by atoms with E-state index in [2.05, 4.69) is 10.4 Å². The average molecular weight is 263 g/mol. The largest absolute Gasteiger partial charge is 0.494 e. The van der Waals surface area contributed by atoms with E-state index < -0.39 is 0 Å². The predicted molar refractivity (Wildman–Crippen MR) is 73.5 cm³/mol. The Kier molecular flexibility index (Phi) is 4.69. The van der Waals surface area contributed by atoms with E-state index in [1.54, 1.807) is 11.3 Å². The van der Waals surface area contributed by atoms with Crippen LogP contribution < -0.4 is 16.0 Å². The lowest BCUT2D eigenvalue weighted by atomic mass is 10.0. The fraction of sp³-hybridized carbons (Fsp3) is 0.308. The summed E-state index contributed by atoms with van der Waals surface area (Å²) in [7, 11) is 0. The summed E-state index contributed by atoms with van der Waals surface area (Å²) in [5.74, 6) is 6.49. The minimum absolute atomic E-state index is 0.0758. The summed E-state index contributed by atoms with van der Waals surface area (Å²) in [4.78, 5) is 4.27. The molecular formula is C13H17N3OS. The van der Waals surface area contributed by atoms with E-state index in [-0.39, 0.29) is 6.04 Å². The predicted octanol–water partition coefficient (Wildman–Crippen LogP) is 2.29. The van der Waals surface area contributed by atoms with Crippen LogP contribution in [-0.4, -0.2) is 11.6 Å². The van der Waals surface area contributed by atoms with Gasteiger partial charge >= 0.3 is 0 Å². The highest BCUT2D eigenvalue weighted by atomic mass is 32.1. The molecule has 96 valence electrons. The van der Waals surface area contributed by atoms with Crippen LogP contribution in [0.1, 0.15) is 23.5 Å². The number of ether oxygens (including phenoxy) is 1. The molecule has 4 nitrogen and oxygen atoms in total. The summed E-state index contributed by atoms with van der Waals surface area (Å²) in [5.41, 5.74) is 3.97. The molecule has 0 spiro atoms. The lowest BCUT2D eigenvalue weighted by Gasteiger charge is -2.15. The van der Waals surface area contributed by atoms with Crippen molar-refractivity contribution < 1.29 is 4.74 Å². The van der Waals surface area contributed by atoms with Gasteiger partial charge in [0.1, 0.15) is 5.75 Å². The highest BCUT2D eigenvalue weighted by Crippen LogP contribution is 2.21. The molecule has 1 aromatic carbocycles. The molecule has 18 heavy (non-hydrogen) atoms. The number of rotatable bonds is 6. The maximum Gasteiger partial charge on any atom is 0.119 e. The number of thiazole rings is 1. The Labute approximate surface area is 111 Å². The Morgan fingerprint density at radius 1 is 1.39 bits per heavy atom. The van der Waals surface area contributed by atoms with Crippen LogP contribution in [0, 0.1) is 0 Å². The van der Waals surface area contributed by atoms with Crippen LogP contribution in [0.5, 0.6) is 5.75 Å². The lowest BCUT2D eigenvalue weighted by molar-refractivity contribution is 0.340. The monoisotopic (exact) mass is 263 g/mol. The van der Waals surface area contributed by atoms with Crippen LogP contribution in [0.2, 0.25) is 0 Å². The van der Waals surface area contributed by atoms with Crippen LogP contribution >= 0.6 is 11.3 Å². The van der Waals surface area contributed by atoms with Gasteiger partial charge in [-0.2, -0.15) is 0 Å². The van der Waals surface area contributed by atoms with Gasteiger partial charge in [-0.1, -0.05) is 12.1 Å². The molecule has 0 radical (unpaired) electrons. The first-order valence-corrected chi connectivity index (χ1v) is 6.78. The molecule has 0 aliphatic carbocycles. The molecule has 2 rings (SSSR count). The zero-order chi connectivity index (χ0) is 12.8. The molecule has 0 amide bonds. The van der Waals surface area contributed by atoms with Gasteiger partial charge in [-0.15, -0.1) is 11.3 Å². The molecule has 0 aliphatic rings. The quantitative estimate of drug-likeness (QED) is 0.620. The molecule has 1 aromatic heterocycles. The second-order valence-corrected chi connectivity index (χ2v) is 4.83. The molecular weight excluding hydrogens is 246 g/mol. The molecule has 0 saturated carbocycles. The van der Waals surface area contributed by atoms with Crippen molar-refractivity contribution in [3.8, 4) is 5.75 Å². The normalized spacial score (nSPS) is 12.3. The fourth-order valence-electron chi connectivity index (χ4n) is 1.76.